The number of aromatic amines is 1. The Kier molecular flexibility index (Phi) is 5.55. The molecular weight excluding hydrogens is 390 g/mol. The van der Waals surface area contributed by atoms with Gasteiger partial charge in [0, 0.05) is 37.3 Å². The predicted octanol–water partition coefficient (Wildman–Crippen LogP) is 3.08. The van der Waals surface area contributed by atoms with Crippen molar-refractivity contribution in [3.05, 3.63) is 56.8 Å². The summed E-state index contributed by atoms with van der Waals surface area (Å²) in [5, 5.41) is 1.98. The topological polar surface area (TPSA) is 76.7 Å². The van der Waals surface area contributed by atoms with E-state index in [1.807, 2.05) is 29.6 Å². The molecule has 2 aromatic heterocycles. The van der Waals surface area contributed by atoms with Gasteiger partial charge in [0.05, 0.1) is 37.5 Å². The fourth-order valence-corrected chi connectivity index (χ4v) is 4.29. The van der Waals surface area contributed by atoms with Crippen LogP contribution in [-0.4, -0.2) is 42.7 Å². The molecule has 0 atom stereocenters. The summed E-state index contributed by atoms with van der Waals surface area (Å²) in [6, 6.07) is 7.62. The molecule has 0 radical (unpaired) electrons. The number of benzene rings is 1. The molecular formula is C21H23N3O4S. The number of rotatable bonds is 6. The molecule has 1 N–H and O–H groups in total. The largest absolute Gasteiger partial charge is 0.496 e. The molecule has 0 spiro atoms. The Morgan fingerprint density at radius 2 is 1.93 bits per heavy atom. The van der Waals surface area contributed by atoms with E-state index in [1.165, 1.54) is 0 Å². The summed E-state index contributed by atoms with van der Waals surface area (Å²) < 4.78 is 16.5. The van der Waals surface area contributed by atoms with E-state index in [0.717, 1.165) is 28.2 Å². The van der Waals surface area contributed by atoms with Gasteiger partial charge in [0.25, 0.3) is 5.56 Å². The summed E-state index contributed by atoms with van der Waals surface area (Å²) in [6.07, 6.45) is 0.656. The summed E-state index contributed by atoms with van der Waals surface area (Å²) in [7, 11) is 4.89. The molecule has 3 aromatic rings. The van der Waals surface area contributed by atoms with Crippen LogP contribution < -0.4 is 19.8 Å². The zero-order valence-corrected chi connectivity index (χ0v) is 17.5. The molecule has 3 heterocycles. The second-order valence-corrected chi connectivity index (χ2v) is 7.74. The number of H-pyrrole nitrogens is 1. The third-order valence-corrected chi connectivity index (χ3v) is 5.98. The molecule has 29 heavy (non-hydrogen) atoms. The van der Waals surface area contributed by atoms with Gasteiger partial charge < -0.3 is 19.2 Å². The van der Waals surface area contributed by atoms with E-state index in [2.05, 4.69) is 9.88 Å². The number of nitrogens with zero attached hydrogens (tertiary/aromatic N) is 2. The van der Waals surface area contributed by atoms with Gasteiger partial charge in [-0.05, 0) is 17.9 Å². The minimum absolute atomic E-state index is 0.0438. The Labute approximate surface area is 172 Å². The number of nitrogens with one attached hydrogen (secondary N) is 1. The van der Waals surface area contributed by atoms with Crippen molar-refractivity contribution >= 4 is 11.3 Å². The Bertz CT molecular complexity index is 1040. The Hall–Kier alpha value is -2.84. The predicted molar refractivity (Wildman–Crippen MR) is 112 cm³/mol. The zero-order chi connectivity index (χ0) is 20.4. The van der Waals surface area contributed by atoms with Gasteiger partial charge in [-0.3, -0.25) is 9.69 Å². The lowest BCUT2D eigenvalue weighted by Crippen LogP contribution is -2.35. The van der Waals surface area contributed by atoms with Gasteiger partial charge in [-0.15, -0.1) is 11.3 Å². The van der Waals surface area contributed by atoms with Crippen LogP contribution in [0.15, 0.2) is 34.4 Å². The van der Waals surface area contributed by atoms with E-state index in [0.29, 0.717) is 42.6 Å². The van der Waals surface area contributed by atoms with Crippen LogP contribution in [0.5, 0.6) is 17.2 Å². The van der Waals surface area contributed by atoms with Crippen molar-refractivity contribution in [1.82, 2.24) is 14.9 Å². The first-order valence-electron chi connectivity index (χ1n) is 9.30. The van der Waals surface area contributed by atoms with E-state index in [9.17, 15) is 4.79 Å². The molecule has 1 aromatic carbocycles. The summed E-state index contributed by atoms with van der Waals surface area (Å²) >= 11 is 1.56. The van der Waals surface area contributed by atoms with E-state index in [-0.39, 0.29) is 5.56 Å². The zero-order valence-electron chi connectivity index (χ0n) is 16.7. The van der Waals surface area contributed by atoms with Crippen molar-refractivity contribution in [2.45, 2.75) is 19.5 Å². The maximum Gasteiger partial charge on any atom is 0.254 e. The molecule has 0 unspecified atom stereocenters. The number of ether oxygens (including phenoxy) is 3. The van der Waals surface area contributed by atoms with Crippen LogP contribution in [0.1, 0.15) is 16.8 Å². The van der Waals surface area contributed by atoms with Crippen molar-refractivity contribution in [2.24, 2.45) is 0 Å². The molecule has 0 saturated carbocycles. The first kappa shape index (κ1) is 19.5. The number of thiophene rings is 1. The molecule has 8 heteroatoms. The highest BCUT2D eigenvalue weighted by Gasteiger charge is 2.24. The molecule has 0 bridgehead atoms. The Balaban J connectivity index is 1.63. The fraction of sp³-hybridized carbons (Fsp3) is 0.333. The van der Waals surface area contributed by atoms with Crippen molar-refractivity contribution in [3.8, 4) is 28.0 Å². The lowest BCUT2D eigenvalue weighted by atomic mass is 10.0. The highest BCUT2D eigenvalue weighted by Crippen LogP contribution is 2.35. The van der Waals surface area contributed by atoms with Crippen molar-refractivity contribution in [3.63, 3.8) is 0 Å². The molecule has 7 nitrogen and oxygen atoms in total. The highest BCUT2D eigenvalue weighted by atomic mass is 32.1. The van der Waals surface area contributed by atoms with Gasteiger partial charge in [0.15, 0.2) is 5.82 Å². The van der Waals surface area contributed by atoms with Crippen molar-refractivity contribution in [2.75, 3.05) is 27.9 Å². The van der Waals surface area contributed by atoms with Crippen LogP contribution >= 0.6 is 11.3 Å². The smallest absolute Gasteiger partial charge is 0.254 e. The molecule has 0 fully saturated rings. The van der Waals surface area contributed by atoms with E-state index in [4.69, 9.17) is 19.2 Å². The van der Waals surface area contributed by atoms with Crippen LogP contribution in [0.4, 0.5) is 0 Å². The Morgan fingerprint density at radius 3 is 2.55 bits per heavy atom. The quantitative estimate of drug-likeness (QED) is 0.669. The highest BCUT2D eigenvalue weighted by molar-refractivity contribution is 7.13. The van der Waals surface area contributed by atoms with Crippen LogP contribution in [-0.2, 0) is 19.5 Å². The number of aromatic nitrogens is 2. The van der Waals surface area contributed by atoms with E-state index in [1.54, 1.807) is 32.7 Å². The van der Waals surface area contributed by atoms with Crippen LogP contribution in [0.2, 0.25) is 0 Å². The van der Waals surface area contributed by atoms with Crippen LogP contribution in [0.3, 0.4) is 0 Å². The fourth-order valence-electron chi connectivity index (χ4n) is 3.62. The second kappa shape index (κ2) is 8.26. The summed E-state index contributed by atoms with van der Waals surface area (Å²) in [5.74, 6) is 2.74. The number of hydrogen-bond acceptors (Lipinski definition) is 7. The molecule has 0 aliphatic carbocycles. The molecule has 152 valence electrons. The first-order chi connectivity index (χ1) is 14.1. The second-order valence-electron chi connectivity index (χ2n) is 6.79. The maximum absolute atomic E-state index is 12.6. The van der Waals surface area contributed by atoms with Gasteiger partial charge in [-0.25, -0.2) is 4.98 Å². The van der Waals surface area contributed by atoms with E-state index >= 15 is 0 Å². The monoisotopic (exact) mass is 413 g/mol. The summed E-state index contributed by atoms with van der Waals surface area (Å²) in [6.45, 7) is 1.98. The van der Waals surface area contributed by atoms with Crippen LogP contribution in [0.25, 0.3) is 10.7 Å². The SMILES string of the molecule is COc1cc(OC)c(CN2CCc3c(nc(-c4cccs4)[nH]c3=O)C2)c(OC)c1. The summed E-state index contributed by atoms with van der Waals surface area (Å²) in [4.78, 5) is 23.4. The van der Waals surface area contributed by atoms with Crippen molar-refractivity contribution < 1.29 is 14.2 Å². The third kappa shape index (κ3) is 3.86. The molecule has 0 amide bonds. The maximum atomic E-state index is 12.6. The van der Waals surface area contributed by atoms with Gasteiger partial charge in [-0.2, -0.15) is 0 Å². The third-order valence-electron chi connectivity index (χ3n) is 5.11. The van der Waals surface area contributed by atoms with Crippen molar-refractivity contribution in [1.29, 1.82) is 0 Å². The minimum Gasteiger partial charge on any atom is -0.496 e. The number of methoxy groups -OCH3 is 3. The van der Waals surface area contributed by atoms with Gasteiger partial charge in [-0.1, -0.05) is 6.07 Å². The average molecular weight is 413 g/mol. The standard InChI is InChI=1S/C21H23N3O4S/c1-26-13-9-17(27-2)15(18(10-13)28-3)11-24-7-6-14-16(12-24)22-20(23-21(14)25)19-5-4-8-29-19/h4-5,8-10H,6-7,11-12H2,1-3H3,(H,22,23,25). The first-order valence-corrected chi connectivity index (χ1v) is 10.2. The summed E-state index contributed by atoms with van der Waals surface area (Å²) in [5.41, 5.74) is 2.50. The lowest BCUT2D eigenvalue weighted by Gasteiger charge is -2.29. The van der Waals surface area contributed by atoms with E-state index < -0.39 is 0 Å². The molecule has 1 aliphatic rings. The number of hydrogen-bond donors (Lipinski definition) is 1. The normalized spacial score (nSPS) is 13.8. The number of fused-ring (bicyclic) bond motifs is 1. The van der Waals surface area contributed by atoms with Gasteiger partial charge >= 0.3 is 0 Å². The van der Waals surface area contributed by atoms with Gasteiger partial charge in [0.2, 0.25) is 0 Å². The minimum atomic E-state index is -0.0438. The molecule has 0 saturated heterocycles. The molecule has 4 rings (SSSR count). The van der Waals surface area contributed by atoms with Gasteiger partial charge in [0.1, 0.15) is 17.2 Å². The lowest BCUT2D eigenvalue weighted by molar-refractivity contribution is 0.232. The molecule has 1 aliphatic heterocycles. The Morgan fingerprint density at radius 1 is 1.17 bits per heavy atom. The average Bonchev–Trinajstić information content (AvgIpc) is 3.28. The van der Waals surface area contributed by atoms with Crippen LogP contribution in [0, 0.1) is 0 Å².